The molecule has 1 aliphatic heterocycles. The second-order valence-corrected chi connectivity index (χ2v) is 8.74. The van der Waals surface area contributed by atoms with Gasteiger partial charge in [0.2, 0.25) is 0 Å². The van der Waals surface area contributed by atoms with Gasteiger partial charge in [0.05, 0.1) is 6.61 Å². The van der Waals surface area contributed by atoms with Gasteiger partial charge in [0.1, 0.15) is 16.9 Å². The maximum atomic E-state index is 12.0. The average Bonchev–Trinajstić information content (AvgIpc) is 2.79. The molecule has 0 bridgehead atoms. The Hall–Kier alpha value is -2.87. The van der Waals surface area contributed by atoms with Crippen molar-refractivity contribution in [3.05, 3.63) is 74.6 Å². The predicted molar refractivity (Wildman–Crippen MR) is 127 cm³/mol. The first-order chi connectivity index (χ1) is 15.9. The number of halogens is 1. The van der Waals surface area contributed by atoms with Crippen molar-refractivity contribution in [3.8, 4) is 5.75 Å². The molecule has 33 heavy (non-hydrogen) atoms. The number of carbonyl (C=O) groups is 1. The van der Waals surface area contributed by atoms with Crippen molar-refractivity contribution < 1.29 is 19.1 Å². The van der Waals surface area contributed by atoms with Crippen molar-refractivity contribution in [1.29, 1.82) is 0 Å². The fourth-order valence-corrected chi connectivity index (χ4v) is 4.30. The van der Waals surface area contributed by atoms with Gasteiger partial charge < -0.3 is 19.2 Å². The summed E-state index contributed by atoms with van der Waals surface area (Å²) in [6, 6.07) is 13.2. The summed E-state index contributed by atoms with van der Waals surface area (Å²) < 4.78 is 11.0. The Morgan fingerprint density at radius 1 is 1.09 bits per heavy atom. The van der Waals surface area contributed by atoms with Crippen molar-refractivity contribution in [1.82, 2.24) is 9.80 Å². The van der Waals surface area contributed by atoms with Gasteiger partial charge in [-0.3, -0.25) is 4.90 Å². The molecule has 174 valence electrons. The molecule has 1 saturated heterocycles. The first kappa shape index (κ1) is 23.3. The van der Waals surface area contributed by atoms with Gasteiger partial charge in [-0.25, -0.2) is 9.59 Å². The van der Waals surface area contributed by atoms with E-state index in [0.717, 1.165) is 50.7 Å². The molecule has 0 saturated carbocycles. The normalized spacial score (nSPS) is 15.1. The number of aryl methyl sites for hydroxylation is 1. The molecule has 7 nitrogen and oxygen atoms in total. The van der Waals surface area contributed by atoms with Gasteiger partial charge in [0.25, 0.3) is 0 Å². The highest BCUT2D eigenvalue weighted by atomic mass is 35.5. The van der Waals surface area contributed by atoms with Crippen LogP contribution in [0.3, 0.4) is 0 Å². The Labute approximate surface area is 197 Å². The standard InChI is InChI=1S/C25H27ClN2O5/c1-17-21-8-7-20(15-22(21)33-25(31)23(17)24(29)30)32-14-2-9-27-10-12-28(13-11-27)16-18-3-5-19(26)6-4-18/h3-8,15H,2,9-14,16H2,1H3,(H,29,30). The quantitative estimate of drug-likeness (QED) is 0.393. The predicted octanol–water partition coefficient (Wildman–Crippen LogP) is 4.04. The van der Waals surface area contributed by atoms with E-state index >= 15 is 0 Å². The van der Waals surface area contributed by atoms with Crippen molar-refractivity contribution in [2.75, 3.05) is 39.3 Å². The molecule has 1 fully saturated rings. The Morgan fingerprint density at radius 2 is 1.79 bits per heavy atom. The summed E-state index contributed by atoms with van der Waals surface area (Å²) in [6.45, 7) is 8.18. The number of aromatic carboxylic acids is 1. The lowest BCUT2D eigenvalue weighted by Crippen LogP contribution is -2.46. The maximum absolute atomic E-state index is 12.0. The number of ether oxygens (including phenoxy) is 1. The van der Waals surface area contributed by atoms with Crippen molar-refractivity contribution in [2.24, 2.45) is 0 Å². The highest BCUT2D eigenvalue weighted by molar-refractivity contribution is 6.30. The second-order valence-electron chi connectivity index (χ2n) is 8.30. The summed E-state index contributed by atoms with van der Waals surface area (Å²) in [7, 11) is 0. The number of nitrogens with zero attached hydrogens (tertiary/aromatic N) is 2. The lowest BCUT2D eigenvalue weighted by Gasteiger charge is -2.34. The van der Waals surface area contributed by atoms with Crippen LogP contribution in [0.4, 0.5) is 0 Å². The summed E-state index contributed by atoms with van der Waals surface area (Å²) in [5.74, 6) is -0.685. The number of carboxylic acid groups (broad SMARTS) is 1. The molecule has 0 radical (unpaired) electrons. The molecule has 1 aliphatic rings. The van der Waals surface area contributed by atoms with Crippen LogP contribution >= 0.6 is 11.6 Å². The van der Waals surface area contributed by atoms with E-state index in [9.17, 15) is 14.7 Å². The molecular weight excluding hydrogens is 444 g/mol. The third kappa shape index (κ3) is 5.74. The van der Waals surface area contributed by atoms with E-state index in [4.69, 9.17) is 20.8 Å². The molecule has 2 aromatic carbocycles. The van der Waals surface area contributed by atoms with Crippen LogP contribution in [0.2, 0.25) is 5.02 Å². The summed E-state index contributed by atoms with van der Waals surface area (Å²) in [5, 5.41) is 10.6. The van der Waals surface area contributed by atoms with Gasteiger partial charge in [-0.1, -0.05) is 23.7 Å². The van der Waals surface area contributed by atoms with Crippen LogP contribution in [0, 0.1) is 6.92 Å². The van der Waals surface area contributed by atoms with Crippen molar-refractivity contribution in [3.63, 3.8) is 0 Å². The number of rotatable bonds is 8. The lowest BCUT2D eigenvalue weighted by molar-refractivity contribution is 0.0691. The molecular formula is C25H27ClN2O5. The SMILES string of the molecule is Cc1c(C(=O)O)c(=O)oc2cc(OCCCN3CCN(Cc4ccc(Cl)cc4)CC3)ccc12. The molecule has 1 N–H and O–H groups in total. The van der Waals surface area contributed by atoms with E-state index in [1.54, 1.807) is 25.1 Å². The van der Waals surface area contributed by atoms with Gasteiger partial charge in [-0.2, -0.15) is 0 Å². The Morgan fingerprint density at radius 3 is 2.48 bits per heavy atom. The smallest absolute Gasteiger partial charge is 0.351 e. The first-order valence-corrected chi connectivity index (χ1v) is 11.4. The molecule has 4 rings (SSSR count). The number of carboxylic acids is 1. The van der Waals surface area contributed by atoms with E-state index in [2.05, 4.69) is 21.9 Å². The van der Waals surface area contributed by atoms with Crippen LogP contribution in [-0.4, -0.2) is 60.2 Å². The molecule has 1 aromatic heterocycles. The zero-order valence-corrected chi connectivity index (χ0v) is 19.3. The highest BCUT2D eigenvalue weighted by Gasteiger charge is 2.18. The topological polar surface area (TPSA) is 83.2 Å². The van der Waals surface area contributed by atoms with Crippen LogP contribution in [0.1, 0.15) is 27.9 Å². The third-order valence-corrected chi connectivity index (χ3v) is 6.28. The van der Waals surface area contributed by atoms with E-state index in [1.165, 1.54) is 5.56 Å². The molecule has 0 amide bonds. The van der Waals surface area contributed by atoms with Gasteiger partial charge in [0.15, 0.2) is 0 Å². The molecule has 0 aliphatic carbocycles. The molecule has 0 unspecified atom stereocenters. The Kier molecular flexibility index (Phi) is 7.33. The Balaban J connectivity index is 1.23. The van der Waals surface area contributed by atoms with Crippen molar-refractivity contribution >= 4 is 28.5 Å². The Bertz CT molecular complexity index is 1180. The first-order valence-electron chi connectivity index (χ1n) is 11.0. The maximum Gasteiger partial charge on any atom is 0.351 e. The van der Waals surface area contributed by atoms with Crippen molar-refractivity contribution in [2.45, 2.75) is 19.9 Å². The lowest BCUT2D eigenvalue weighted by atomic mass is 10.1. The van der Waals surface area contributed by atoms with E-state index in [1.807, 2.05) is 12.1 Å². The molecule has 0 spiro atoms. The van der Waals surface area contributed by atoms with Crippen LogP contribution in [0.15, 0.2) is 51.7 Å². The molecule has 2 heterocycles. The molecule has 8 heteroatoms. The third-order valence-electron chi connectivity index (χ3n) is 6.02. The summed E-state index contributed by atoms with van der Waals surface area (Å²) >= 11 is 5.96. The monoisotopic (exact) mass is 470 g/mol. The largest absolute Gasteiger partial charge is 0.493 e. The zero-order chi connectivity index (χ0) is 23.4. The second kappa shape index (κ2) is 10.4. The van der Waals surface area contributed by atoms with E-state index in [0.29, 0.717) is 28.9 Å². The number of hydrogen-bond donors (Lipinski definition) is 1. The average molecular weight is 471 g/mol. The van der Waals surface area contributed by atoms with Gasteiger partial charge in [-0.15, -0.1) is 0 Å². The van der Waals surface area contributed by atoms with Crippen LogP contribution in [0.25, 0.3) is 11.0 Å². The van der Waals surface area contributed by atoms with Gasteiger partial charge in [0, 0.05) is 55.7 Å². The minimum Gasteiger partial charge on any atom is -0.493 e. The van der Waals surface area contributed by atoms with E-state index < -0.39 is 11.6 Å². The number of piperazine rings is 1. The fourth-order valence-electron chi connectivity index (χ4n) is 4.17. The van der Waals surface area contributed by atoms with Crippen LogP contribution in [0.5, 0.6) is 5.75 Å². The van der Waals surface area contributed by atoms with Crippen LogP contribution < -0.4 is 10.4 Å². The highest BCUT2D eigenvalue weighted by Crippen LogP contribution is 2.24. The minimum absolute atomic E-state index is 0.329. The fraction of sp³-hybridized carbons (Fsp3) is 0.360. The number of hydrogen-bond acceptors (Lipinski definition) is 6. The van der Waals surface area contributed by atoms with Crippen LogP contribution in [-0.2, 0) is 6.54 Å². The molecule has 0 atom stereocenters. The molecule has 3 aromatic rings. The zero-order valence-electron chi connectivity index (χ0n) is 18.6. The van der Waals surface area contributed by atoms with Gasteiger partial charge in [-0.05, 0) is 48.7 Å². The van der Waals surface area contributed by atoms with E-state index in [-0.39, 0.29) is 5.56 Å². The summed E-state index contributed by atoms with van der Waals surface area (Å²) in [5.41, 5.74) is 0.832. The number of fused-ring (bicyclic) bond motifs is 1. The minimum atomic E-state index is -1.28. The van der Waals surface area contributed by atoms with Gasteiger partial charge >= 0.3 is 11.6 Å². The number of benzene rings is 2. The summed E-state index contributed by atoms with van der Waals surface area (Å²) in [6.07, 6.45) is 0.885. The summed E-state index contributed by atoms with van der Waals surface area (Å²) in [4.78, 5) is 28.1.